The van der Waals surface area contributed by atoms with Crippen LogP contribution in [0, 0.1) is 5.92 Å². The molecule has 1 aliphatic heterocycles. The second-order valence-electron chi connectivity index (χ2n) is 6.50. The van der Waals surface area contributed by atoms with Gasteiger partial charge in [-0.1, -0.05) is 25.5 Å². The van der Waals surface area contributed by atoms with Gasteiger partial charge in [0.05, 0.1) is 5.69 Å². The van der Waals surface area contributed by atoms with Crippen molar-refractivity contribution in [3.05, 3.63) is 47.8 Å². The molecule has 2 bridgehead atoms. The third kappa shape index (κ3) is 3.85. The number of alkyl halides is 2. The molecule has 0 saturated carbocycles. The zero-order valence-electron chi connectivity index (χ0n) is 14.0. The van der Waals surface area contributed by atoms with Crippen LogP contribution in [-0.2, 0) is 4.79 Å². The van der Waals surface area contributed by atoms with Gasteiger partial charge in [0.1, 0.15) is 0 Å². The Morgan fingerprint density at radius 3 is 2.80 bits per heavy atom. The van der Waals surface area contributed by atoms with Crippen molar-refractivity contribution >= 4 is 11.6 Å². The van der Waals surface area contributed by atoms with Gasteiger partial charge in [0.25, 0.3) is 6.43 Å². The van der Waals surface area contributed by atoms with E-state index in [4.69, 9.17) is 5.73 Å². The standard InChI is InChI=1S/C19H21F2N3O/c1-11-3-2-4-15(22)17-9-12(7-8-23-17)14-6-5-13(18(20)21)10-16(14)24-19(11)25/h5-11,15,18H,2-4,22H2,1H3,(H,24,25)/t11-,15+/m1/s1. The van der Waals surface area contributed by atoms with Crippen molar-refractivity contribution in [2.75, 3.05) is 5.32 Å². The lowest BCUT2D eigenvalue weighted by atomic mass is 9.95. The van der Waals surface area contributed by atoms with Crippen molar-refractivity contribution in [2.24, 2.45) is 11.7 Å². The number of benzene rings is 1. The fourth-order valence-corrected chi connectivity index (χ4v) is 3.05. The maximum Gasteiger partial charge on any atom is 0.263 e. The summed E-state index contributed by atoms with van der Waals surface area (Å²) in [5.41, 5.74) is 8.73. The molecule has 1 aliphatic rings. The van der Waals surface area contributed by atoms with E-state index >= 15 is 0 Å². The third-order valence-electron chi connectivity index (χ3n) is 4.63. The minimum atomic E-state index is -2.59. The Morgan fingerprint density at radius 1 is 1.24 bits per heavy atom. The molecule has 6 heteroatoms. The number of fused-ring (bicyclic) bond motifs is 4. The summed E-state index contributed by atoms with van der Waals surface area (Å²) in [7, 11) is 0. The highest BCUT2D eigenvalue weighted by molar-refractivity contribution is 5.96. The normalized spacial score (nSPS) is 21.1. The Labute approximate surface area is 145 Å². The van der Waals surface area contributed by atoms with Crippen LogP contribution in [0.1, 0.15) is 49.9 Å². The monoisotopic (exact) mass is 345 g/mol. The Balaban J connectivity index is 2.13. The first kappa shape index (κ1) is 17.5. The largest absolute Gasteiger partial charge is 0.325 e. The van der Waals surface area contributed by atoms with Crippen LogP contribution in [0.4, 0.5) is 14.5 Å². The summed E-state index contributed by atoms with van der Waals surface area (Å²) in [6, 6.07) is 7.78. The molecular weight excluding hydrogens is 324 g/mol. The summed E-state index contributed by atoms with van der Waals surface area (Å²) in [4.78, 5) is 16.8. The second-order valence-corrected chi connectivity index (χ2v) is 6.50. The highest BCUT2D eigenvalue weighted by Gasteiger charge is 2.20. The molecule has 0 saturated heterocycles. The highest BCUT2D eigenvalue weighted by atomic mass is 19.3. The summed E-state index contributed by atoms with van der Waals surface area (Å²) in [5.74, 6) is -0.392. The number of amides is 1. The van der Waals surface area contributed by atoms with Crippen LogP contribution in [0.3, 0.4) is 0 Å². The molecular formula is C19H21F2N3O. The maximum atomic E-state index is 13.1. The van der Waals surface area contributed by atoms with Gasteiger partial charge in [-0.3, -0.25) is 9.78 Å². The number of anilines is 1. The van der Waals surface area contributed by atoms with Gasteiger partial charge in [-0.25, -0.2) is 8.78 Å². The van der Waals surface area contributed by atoms with Gasteiger partial charge in [0, 0.05) is 35.0 Å². The average Bonchev–Trinajstić information content (AvgIpc) is 2.60. The smallest absolute Gasteiger partial charge is 0.263 e. The Morgan fingerprint density at radius 2 is 2.04 bits per heavy atom. The van der Waals surface area contributed by atoms with Crippen LogP contribution in [0.2, 0.25) is 0 Å². The molecule has 4 nitrogen and oxygen atoms in total. The molecule has 1 aromatic heterocycles. The predicted octanol–water partition coefficient (Wildman–Crippen LogP) is 4.44. The molecule has 0 unspecified atom stereocenters. The zero-order chi connectivity index (χ0) is 18.0. The summed E-state index contributed by atoms with van der Waals surface area (Å²) in [6.45, 7) is 1.83. The molecule has 3 rings (SSSR count). The average molecular weight is 345 g/mol. The van der Waals surface area contributed by atoms with Gasteiger partial charge in [-0.05, 0) is 36.6 Å². The number of rotatable bonds is 1. The van der Waals surface area contributed by atoms with Gasteiger partial charge >= 0.3 is 0 Å². The molecule has 1 amide bonds. The number of carbonyl (C=O) groups is 1. The topological polar surface area (TPSA) is 68.0 Å². The fourth-order valence-electron chi connectivity index (χ4n) is 3.05. The van der Waals surface area contributed by atoms with Gasteiger partial charge in [-0.15, -0.1) is 0 Å². The van der Waals surface area contributed by atoms with Crippen molar-refractivity contribution < 1.29 is 13.6 Å². The van der Waals surface area contributed by atoms with Crippen LogP contribution < -0.4 is 11.1 Å². The minimum Gasteiger partial charge on any atom is -0.325 e. The first-order valence-corrected chi connectivity index (χ1v) is 8.40. The van der Waals surface area contributed by atoms with Crippen molar-refractivity contribution in [3.8, 4) is 11.1 Å². The maximum absolute atomic E-state index is 13.1. The Kier molecular flexibility index (Phi) is 5.08. The van der Waals surface area contributed by atoms with Gasteiger partial charge in [-0.2, -0.15) is 0 Å². The summed E-state index contributed by atoms with van der Waals surface area (Å²) in [6.07, 6.45) is 1.29. The quantitative estimate of drug-likeness (QED) is 0.802. The van der Waals surface area contributed by atoms with E-state index in [9.17, 15) is 13.6 Å². The Hall–Kier alpha value is -2.34. The Bertz CT molecular complexity index is 779. The van der Waals surface area contributed by atoms with E-state index in [2.05, 4.69) is 10.3 Å². The second kappa shape index (κ2) is 7.27. The van der Waals surface area contributed by atoms with Gasteiger partial charge in [0.15, 0.2) is 0 Å². The third-order valence-corrected chi connectivity index (χ3v) is 4.63. The van der Waals surface area contributed by atoms with E-state index in [1.54, 1.807) is 18.3 Å². The summed E-state index contributed by atoms with van der Waals surface area (Å²) < 4.78 is 26.2. The number of hydrogen-bond donors (Lipinski definition) is 2. The number of halogens is 2. The number of carbonyl (C=O) groups excluding carboxylic acids is 1. The minimum absolute atomic E-state index is 0.121. The van der Waals surface area contributed by atoms with Crippen LogP contribution in [0.25, 0.3) is 11.1 Å². The van der Waals surface area contributed by atoms with Crippen molar-refractivity contribution in [1.29, 1.82) is 0 Å². The molecule has 1 aromatic carbocycles. The zero-order valence-corrected chi connectivity index (χ0v) is 14.0. The van der Waals surface area contributed by atoms with Crippen molar-refractivity contribution in [2.45, 2.75) is 38.7 Å². The van der Waals surface area contributed by atoms with Gasteiger partial charge in [0.2, 0.25) is 5.91 Å². The highest BCUT2D eigenvalue weighted by Crippen LogP contribution is 2.34. The molecule has 0 fully saturated rings. The molecule has 0 spiro atoms. The van der Waals surface area contributed by atoms with Crippen LogP contribution in [0.5, 0.6) is 0 Å². The number of nitrogens with two attached hydrogens (primary N) is 1. The first-order valence-electron chi connectivity index (χ1n) is 8.40. The summed E-state index contributed by atoms with van der Waals surface area (Å²) >= 11 is 0. The number of aromatic nitrogens is 1. The van der Waals surface area contributed by atoms with E-state index in [1.165, 1.54) is 12.1 Å². The molecule has 25 heavy (non-hydrogen) atoms. The molecule has 2 atom stereocenters. The number of hydrogen-bond acceptors (Lipinski definition) is 3. The lowest BCUT2D eigenvalue weighted by Gasteiger charge is -2.19. The van der Waals surface area contributed by atoms with E-state index in [0.717, 1.165) is 24.1 Å². The van der Waals surface area contributed by atoms with Crippen LogP contribution in [0.15, 0.2) is 36.5 Å². The van der Waals surface area contributed by atoms with Crippen molar-refractivity contribution in [1.82, 2.24) is 4.98 Å². The summed E-state index contributed by atoms with van der Waals surface area (Å²) in [5, 5.41) is 2.82. The number of nitrogens with zero attached hydrogens (tertiary/aromatic N) is 1. The van der Waals surface area contributed by atoms with Crippen LogP contribution >= 0.6 is 0 Å². The molecule has 2 heterocycles. The van der Waals surface area contributed by atoms with E-state index in [0.29, 0.717) is 17.7 Å². The number of nitrogens with one attached hydrogen (secondary N) is 1. The molecule has 0 aliphatic carbocycles. The molecule has 3 N–H and O–H groups in total. The SMILES string of the molecule is C[C@@H]1CCC[C@H](N)c2cc(ccn2)-c2ccc(C(F)F)cc2NC1=O. The number of pyridine rings is 1. The van der Waals surface area contributed by atoms with Gasteiger partial charge < -0.3 is 11.1 Å². The predicted molar refractivity (Wildman–Crippen MR) is 93.2 cm³/mol. The lowest BCUT2D eigenvalue weighted by molar-refractivity contribution is -0.119. The molecule has 2 aromatic rings. The van der Waals surface area contributed by atoms with Crippen LogP contribution in [-0.4, -0.2) is 10.9 Å². The first-order chi connectivity index (χ1) is 12.0. The lowest BCUT2D eigenvalue weighted by Crippen LogP contribution is -2.22. The van der Waals surface area contributed by atoms with E-state index in [1.807, 2.05) is 13.0 Å². The molecule has 0 radical (unpaired) electrons. The molecule has 132 valence electrons. The fraction of sp³-hybridized carbons (Fsp3) is 0.368. The van der Waals surface area contributed by atoms with E-state index < -0.39 is 6.43 Å². The van der Waals surface area contributed by atoms with Crippen molar-refractivity contribution in [3.63, 3.8) is 0 Å². The van der Waals surface area contributed by atoms with E-state index in [-0.39, 0.29) is 23.4 Å².